The summed E-state index contributed by atoms with van der Waals surface area (Å²) >= 11 is 0. The van der Waals surface area contributed by atoms with Crippen molar-refractivity contribution in [3.63, 3.8) is 0 Å². The highest BCUT2D eigenvalue weighted by molar-refractivity contribution is 6.00. The van der Waals surface area contributed by atoms with E-state index in [2.05, 4.69) is 10.6 Å². The third-order valence-corrected chi connectivity index (χ3v) is 2.35. The summed E-state index contributed by atoms with van der Waals surface area (Å²) in [5.74, 6) is -1.73. The molecule has 0 aliphatic carbocycles. The summed E-state index contributed by atoms with van der Waals surface area (Å²) < 4.78 is 0. The zero-order valence-corrected chi connectivity index (χ0v) is 8.45. The van der Waals surface area contributed by atoms with Gasteiger partial charge >= 0.3 is 5.97 Å². The molecule has 0 aromatic rings. The number of nitrogens with one attached hydrogen (secondary N) is 2. The van der Waals surface area contributed by atoms with Crippen LogP contribution in [0.25, 0.3) is 0 Å². The van der Waals surface area contributed by atoms with Crippen LogP contribution >= 0.6 is 0 Å². The molecular formula is C9H14N2O4. The summed E-state index contributed by atoms with van der Waals surface area (Å²) in [5.41, 5.74) is 0. The first-order valence-corrected chi connectivity index (χ1v) is 4.87. The maximum Gasteiger partial charge on any atom is 0.320 e. The predicted molar refractivity (Wildman–Crippen MR) is 51.0 cm³/mol. The molecule has 0 bridgehead atoms. The Morgan fingerprint density at radius 1 is 1.67 bits per heavy atom. The third-order valence-electron chi connectivity index (χ3n) is 2.35. The number of piperidine rings is 1. The van der Waals surface area contributed by atoms with Gasteiger partial charge in [0.2, 0.25) is 11.8 Å². The number of aliphatic carboxylic acids is 1. The standard InChI is InChI=1S/C9H14N2O4/c1-2-5(9(14)15)10-6-3-4-7(12)11-8(6)13/h5-6,10H,2-4H2,1H3,(H,14,15)(H,11,12,13). The van der Waals surface area contributed by atoms with Gasteiger partial charge in [-0.3, -0.25) is 25.0 Å². The normalized spacial score (nSPS) is 23.4. The topological polar surface area (TPSA) is 95.5 Å². The number of hydrogen-bond donors (Lipinski definition) is 3. The second-order valence-corrected chi connectivity index (χ2v) is 3.47. The maximum absolute atomic E-state index is 11.3. The van der Waals surface area contributed by atoms with Gasteiger partial charge in [-0.1, -0.05) is 6.92 Å². The fraction of sp³-hybridized carbons (Fsp3) is 0.667. The van der Waals surface area contributed by atoms with Crippen molar-refractivity contribution >= 4 is 17.8 Å². The summed E-state index contributed by atoms with van der Waals surface area (Å²) in [4.78, 5) is 32.8. The van der Waals surface area contributed by atoms with Crippen LogP contribution in [0.15, 0.2) is 0 Å². The van der Waals surface area contributed by atoms with Gasteiger partial charge < -0.3 is 5.11 Å². The summed E-state index contributed by atoms with van der Waals surface area (Å²) in [7, 11) is 0. The minimum absolute atomic E-state index is 0.249. The first kappa shape index (κ1) is 11.6. The highest BCUT2D eigenvalue weighted by Gasteiger charge is 2.29. The Balaban J connectivity index is 2.54. The SMILES string of the molecule is CCC(NC1CCC(=O)NC1=O)C(=O)O. The quantitative estimate of drug-likeness (QED) is 0.535. The van der Waals surface area contributed by atoms with E-state index in [1.807, 2.05) is 0 Å². The molecule has 2 unspecified atom stereocenters. The lowest BCUT2D eigenvalue weighted by Crippen LogP contribution is -2.54. The van der Waals surface area contributed by atoms with E-state index in [0.29, 0.717) is 12.8 Å². The van der Waals surface area contributed by atoms with Gasteiger partial charge in [0.15, 0.2) is 0 Å². The van der Waals surface area contributed by atoms with E-state index in [0.717, 1.165) is 0 Å². The first-order chi connectivity index (χ1) is 7.04. The van der Waals surface area contributed by atoms with Crippen LogP contribution in [0.5, 0.6) is 0 Å². The van der Waals surface area contributed by atoms with E-state index in [9.17, 15) is 14.4 Å². The van der Waals surface area contributed by atoms with Crippen molar-refractivity contribution in [3.05, 3.63) is 0 Å². The van der Waals surface area contributed by atoms with Crippen molar-refractivity contribution in [3.8, 4) is 0 Å². The maximum atomic E-state index is 11.3. The average molecular weight is 214 g/mol. The molecule has 6 heteroatoms. The highest BCUT2D eigenvalue weighted by atomic mass is 16.4. The summed E-state index contributed by atoms with van der Waals surface area (Å²) in [5, 5.41) is 13.7. The Bertz CT molecular complexity index is 290. The zero-order chi connectivity index (χ0) is 11.4. The third kappa shape index (κ3) is 3.02. The van der Waals surface area contributed by atoms with Crippen LogP contribution in [-0.2, 0) is 14.4 Å². The Morgan fingerprint density at radius 3 is 2.80 bits per heavy atom. The van der Waals surface area contributed by atoms with Crippen molar-refractivity contribution in [2.45, 2.75) is 38.3 Å². The van der Waals surface area contributed by atoms with Crippen molar-refractivity contribution in [2.24, 2.45) is 0 Å². The number of rotatable bonds is 4. The van der Waals surface area contributed by atoms with Crippen LogP contribution in [0.3, 0.4) is 0 Å². The van der Waals surface area contributed by atoms with E-state index in [4.69, 9.17) is 5.11 Å². The van der Waals surface area contributed by atoms with E-state index < -0.39 is 24.0 Å². The lowest BCUT2D eigenvalue weighted by molar-refractivity contribution is -0.140. The van der Waals surface area contributed by atoms with Gasteiger partial charge in [0.1, 0.15) is 6.04 Å². The van der Waals surface area contributed by atoms with Gasteiger partial charge in [0.25, 0.3) is 0 Å². The molecule has 1 rings (SSSR count). The molecule has 0 aromatic heterocycles. The van der Waals surface area contributed by atoms with Crippen LogP contribution in [0, 0.1) is 0 Å². The van der Waals surface area contributed by atoms with E-state index in [1.54, 1.807) is 6.92 Å². The number of carbonyl (C=O) groups is 3. The van der Waals surface area contributed by atoms with E-state index in [1.165, 1.54) is 0 Å². The summed E-state index contributed by atoms with van der Waals surface area (Å²) in [6.07, 6.45) is 1.00. The lowest BCUT2D eigenvalue weighted by Gasteiger charge is -2.24. The molecule has 84 valence electrons. The van der Waals surface area contributed by atoms with E-state index >= 15 is 0 Å². The van der Waals surface area contributed by atoms with Gasteiger partial charge in [-0.25, -0.2) is 0 Å². The van der Waals surface area contributed by atoms with Crippen LogP contribution < -0.4 is 10.6 Å². The molecule has 2 atom stereocenters. The van der Waals surface area contributed by atoms with Gasteiger partial charge in [0.05, 0.1) is 6.04 Å². The van der Waals surface area contributed by atoms with Gasteiger partial charge in [-0.15, -0.1) is 0 Å². The second kappa shape index (κ2) is 4.88. The van der Waals surface area contributed by atoms with Crippen LogP contribution in [-0.4, -0.2) is 35.0 Å². The van der Waals surface area contributed by atoms with E-state index in [-0.39, 0.29) is 12.3 Å². The number of carboxylic acids is 1. The lowest BCUT2D eigenvalue weighted by atomic mass is 10.0. The minimum Gasteiger partial charge on any atom is -0.480 e. The summed E-state index contributed by atoms with van der Waals surface area (Å²) in [6, 6.07) is -1.32. The fourth-order valence-electron chi connectivity index (χ4n) is 1.46. The molecule has 0 spiro atoms. The van der Waals surface area contributed by atoms with Crippen LogP contribution in [0.4, 0.5) is 0 Å². The molecular weight excluding hydrogens is 200 g/mol. The number of imide groups is 1. The highest BCUT2D eigenvalue weighted by Crippen LogP contribution is 2.06. The largest absolute Gasteiger partial charge is 0.480 e. The van der Waals surface area contributed by atoms with Crippen LogP contribution in [0.2, 0.25) is 0 Å². The molecule has 1 aliphatic heterocycles. The number of hydrogen-bond acceptors (Lipinski definition) is 4. The number of carbonyl (C=O) groups excluding carboxylic acids is 2. The molecule has 0 saturated carbocycles. The Hall–Kier alpha value is -1.43. The Labute approximate surface area is 87.0 Å². The molecule has 1 fully saturated rings. The predicted octanol–water partition coefficient (Wildman–Crippen LogP) is -0.756. The molecule has 1 heterocycles. The van der Waals surface area contributed by atoms with Crippen molar-refractivity contribution in [1.29, 1.82) is 0 Å². The fourth-order valence-corrected chi connectivity index (χ4v) is 1.46. The number of carboxylic acid groups (broad SMARTS) is 1. The van der Waals surface area contributed by atoms with Gasteiger partial charge in [-0.2, -0.15) is 0 Å². The molecule has 2 amide bonds. The molecule has 0 radical (unpaired) electrons. The Kier molecular flexibility index (Phi) is 3.79. The monoisotopic (exact) mass is 214 g/mol. The molecule has 0 aromatic carbocycles. The van der Waals surface area contributed by atoms with Gasteiger partial charge in [0, 0.05) is 6.42 Å². The molecule has 1 saturated heterocycles. The van der Waals surface area contributed by atoms with Crippen LogP contribution in [0.1, 0.15) is 26.2 Å². The van der Waals surface area contributed by atoms with Crippen molar-refractivity contribution < 1.29 is 19.5 Å². The van der Waals surface area contributed by atoms with Crippen molar-refractivity contribution in [1.82, 2.24) is 10.6 Å². The molecule has 1 aliphatic rings. The zero-order valence-electron chi connectivity index (χ0n) is 8.45. The second-order valence-electron chi connectivity index (χ2n) is 3.47. The average Bonchev–Trinajstić information content (AvgIpc) is 2.16. The Morgan fingerprint density at radius 2 is 2.33 bits per heavy atom. The molecule has 6 nitrogen and oxygen atoms in total. The first-order valence-electron chi connectivity index (χ1n) is 4.87. The van der Waals surface area contributed by atoms with Crippen molar-refractivity contribution in [2.75, 3.05) is 0 Å². The minimum atomic E-state index is -0.984. The molecule has 15 heavy (non-hydrogen) atoms. The molecule has 3 N–H and O–H groups in total. The van der Waals surface area contributed by atoms with Gasteiger partial charge in [-0.05, 0) is 12.8 Å². The summed E-state index contributed by atoms with van der Waals surface area (Å²) in [6.45, 7) is 1.72. The smallest absolute Gasteiger partial charge is 0.320 e. The number of amides is 2.